The van der Waals surface area contributed by atoms with Crippen molar-refractivity contribution in [1.29, 1.82) is 0 Å². The number of rotatable bonds is 5. The Kier molecular flexibility index (Phi) is 6.92. The summed E-state index contributed by atoms with van der Waals surface area (Å²) < 4.78 is 39.6. The van der Waals surface area contributed by atoms with Crippen LogP contribution >= 0.6 is 11.6 Å². The summed E-state index contributed by atoms with van der Waals surface area (Å²) in [6.07, 6.45) is -4.82. The number of amides is 3. The van der Waals surface area contributed by atoms with Gasteiger partial charge in [0.25, 0.3) is 5.91 Å². The van der Waals surface area contributed by atoms with Gasteiger partial charge in [-0.3, -0.25) is 24.2 Å². The maximum Gasteiger partial charge on any atom is 0.417 e. The molecule has 0 radical (unpaired) electrons. The monoisotopic (exact) mass is 494 g/mol. The molecule has 11 heteroatoms. The van der Waals surface area contributed by atoms with Crippen LogP contribution in [-0.4, -0.2) is 66.3 Å². The number of nitrogens with zero attached hydrogens (tertiary/aromatic N) is 3. The van der Waals surface area contributed by atoms with Crippen LogP contribution in [0, 0.1) is 0 Å². The van der Waals surface area contributed by atoms with E-state index in [1.54, 1.807) is 12.1 Å². The Morgan fingerprint density at radius 2 is 1.71 bits per heavy atom. The third-order valence-electron chi connectivity index (χ3n) is 5.91. The number of hydrogen-bond donors (Lipinski definition) is 1. The number of carbonyl (C=O) groups is 3. The molecule has 0 aliphatic carbocycles. The highest BCUT2D eigenvalue weighted by molar-refractivity contribution is 6.31. The zero-order valence-electron chi connectivity index (χ0n) is 18.0. The highest BCUT2D eigenvalue weighted by Crippen LogP contribution is 2.38. The van der Waals surface area contributed by atoms with Gasteiger partial charge in [0.1, 0.15) is 0 Å². The Labute approximate surface area is 199 Å². The van der Waals surface area contributed by atoms with Crippen LogP contribution in [0.15, 0.2) is 48.5 Å². The van der Waals surface area contributed by atoms with Crippen molar-refractivity contribution in [3.05, 3.63) is 59.1 Å². The highest BCUT2D eigenvalue weighted by Gasteiger charge is 2.44. The lowest BCUT2D eigenvalue weighted by Crippen LogP contribution is -2.53. The fraction of sp³-hybridized carbons (Fsp3) is 0.348. The Balaban J connectivity index is 1.36. The van der Waals surface area contributed by atoms with Crippen molar-refractivity contribution < 1.29 is 27.6 Å². The minimum Gasteiger partial charge on any atom is -0.325 e. The van der Waals surface area contributed by atoms with Crippen LogP contribution < -0.4 is 10.2 Å². The van der Waals surface area contributed by atoms with E-state index in [0.717, 1.165) is 17.0 Å². The van der Waals surface area contributed by atoms with Gasteiger partial charge in [0.05, 0.1) is 35.3 Å². The quantitative estimate of drug-likeness (QED) is 0.646. The number of anilines is 2. The molecule has 0 spiro atoms. The molecule has 2 heterocycles. The lowest BCUT2D eigenvalue weighted by atomic mass is 10.1. The average molecular weight is 495 g/mol. The molecule has 7 nitrogen and oxygen atoms in total. The Bertz CT molecular complexity index is 1090. The third-order valence-corrected chi connectivity index (χ3v) is 6.24. The second-order valence-electron chi connectivity index (χ2n) is 8.18. The van der Waals surface area contributed by atoms with Crippen molar-refractivity contribution in [3.63, 3.8) is 0 Å². The summed E-state index contributed by atoms with van der Waals surface area (Å²) in [7, 11) is 0. The van der Waals surface area contributed by atoms with E-state index in [4.69, 9.17) is 11.6 Å². The summed E-state index contributed by atoms with van der Waals surface area (Å²) in [5.41, 5.74) is -0.541. The second kappa shape index (κ2) is 9.73. The van der Waals surface area contributed by atoms with E-state index in [1.807, 2.05) is 28.0 Å². The van der Waals surface area contributed by atoms with Gasteiger partial charge in [-0.2, -0.15) is 13.2 Å². The standard InChI is InChI=1S/C23H22ClF3N4O3/c24-18-7-6-16(12-17(18)23(25,26)27)31-21(33)13-19(22(31)34)30-10-8-29(9-11-30)14-20(32)28-15-4-2-1-3-5-15/h1-7,12,19H,8-11,13-14H2,(H,28,32). The van der Waals surface area contributed by atoms with E-state index < -0.39 is 34.6 Å². The number of alkyl halides is 3. The number of carbonyl (C=O) groups excluding carboxylic acids is 3. The summed E-state index contributed by atoms with van der Waals surface area (Å²) in [4.78, 5) is 42.4. The third kappa shape index (κ3) is 5.24. The molecule has 2 aromatic rings. The number of benzene rings is 2. The normalized spacial score (nSPS) is 20.1. The molecule has 1 N–H and O–H groups in total. The Hall–Kier alpha value is -2.95. The number of nitrogens with one attached hydrogen (secondary N) is 1. The van der Waals surface area contributed by atoms with E-state index in [2.05, 4.69) is 5.32 Å². The smallest absolute Gasteiger partial charge is 0.325 e. The molecule has 34 heavy (non-hydrogen) atoms. The largest absolute Gasteiger partial charge is 0.417 e. The van der Waals surface area contributed by atoms with Gasteiger partial charge in [0, 0.05) is 31.9 Å². The number of imide groups is 1. The summed E-state index contributed by atoms with van der Waals surface area (Å²) >= 11 is 5.66. The number of hydrogen-bond acceptors (Lipinski definition) is 5. The van der Waals surface area contributed by atoms with E-state index in [0.29, 0.717) is 31.9 Å². The first-order chi connectivity index (χ1) is 16.1. The van der Waals surface area contributed by atoms with Gasteiger partial charge < -0.3 is 5.32 Å². The van der Waals surface area contributed by atoms with Gasteiger partial charge in [-0.25, -0.2) is 4.90 Å². The first-order valence-electron chi connectivity index (χ1n) is 10.7. The van der Waals surface area contributed by atoms with Crippen LogP contribution in [0.4, 0.5) is 24.5 Å². The minimum atomic E-state index is -4.71. The molecule has 0 bridgehead atoms. The van der Waals surface area contributed by atoms with Gasteiger partial charge in [-0.1, -0.05) is 29.8 Å². The molecule has 2 aromatic carbocycles. The molecule has 2 fully saturated rings. The molecule has 1 atom stereocenters. The fourth-order valence-electron chi connectivity index (χ4n) is 4.20. The Morgan fingerprint density at radius 1 is 1.03 bits per heavy atom. The molecule has 1 unspecified atom stereocenters. The van der Waals surface area contributed by atoms with Crippen LogP contribution in [-0.2, 0) is 20.6 Å². The van der Waals surface area contributed by atoms with Crippen molar-refractivity contribution >= 4 is 40.7 Å². The van der Waals surface area contributed by atoms with Gasteiger partial charge >= 0.3 is 6.18 Å². The molecule has 4 rings (SSSR count). The zero-order chi connectivity index (χ0) is 24.5. The van der Waals surface area contributed by atoms with Gasteiger partial charge in [0.15, 0.2) is 0 Å². The molecule has 2 aliphatic rings. The van der Waals surface area contributed by atoms with E-state index >= 15 is 0 Å². The predicted molar refractivity (Wildman–Crippen MR) is 120 cm³/mol. The Morgan fingerprint density at radius 3 is 2.35 bits per heavy atom. The topological polar surface area (TPSA) is 73.0 Å². The van der Waals surface area contributed by atoms with Crippen LogP contribution in [0.2, 0.25) is 5.02 Å². The minimum absolute atomic E-state index is 0.114. The van der Waals surface area contributed by atoms with E-state index in [9.17, 15) is 27.6 Å². The predicted octanol–water partition coefficient (Wildman–Crippen LogP) is 3.25. The SMILES string of the molecule is O=C(CN1CCN(C2CC(=O)N(c3ccc(Cl)c(C(F)(F)F)c3)C2=O)CC1)Nc1ccccc1. The molecule has 2 saturated heterocycles. The van der Waals surface area contributed by atoms with Crippen molar-refractivity contribution in [1.82, 2.24) is 9.80 Å². The summed E-state index contributed by atoms with van der Waals surface area (Å²) in [6, 6.07) is 11.3. The fourth-order valence-corrected chi connectivity index (χ4v) is 4.42. The van der Waals surface area contributed by atoms with Crippen LogP contribution in [0.3, 0.4) is 0 Å². The molecule has 0 aromatic heterocycles. The van der Waals surface area contributed by atoms with Gasteiger partial charge in [-0.05, 0) is 30.3 Å². The summed E-state index contributed by atoms with van der Waals surface area (Å²) in [6.45, 7) is 2.12. The first kappa shape index (κ1) is 24.2. The van der Waals surface area contributed by atoms with Crippen LogP contribution in [0.25, 0.3) is 0 Å². The molecule has 3 amide bonds. The maximum absolute atomic E-state index is 13.2. The van der Waals surface area contributed by atoms with Crippen molar-refractivity contribution in [2.24, 2.45) is 0 Å². The van der Waals surface area contributed by atoms with Crippen molar-refractivity contribution in [2.75, 3.05) is 42.9 Å². The van der Waals surface area contributed by atoms with Crippen LogP contribution in [0.1, 0.15) is 12.0 Å². The molecular formula is C23H22ClF3N4O3. The van der Waals surface area contributed by atoms with Gasteiger partial charge in [-0.15, -0.1) is 0 Å². The first-order valence-corrected chi connectivity index (χ1v) is 11.1. The molecule has 0 saturated carbocycles. The van der Waals surface area contributed by atoms with Crippen LogP contribution in [0.5, 0.6) is 0 Å². The number of piperazine rings is 1. The van der Waals surface area contributed by atoms with Crippen molar-refractivity contribution in [2.45, 2.75) is 18.6 Å². The summed E-state index contributed by atoms with van der Waals surface area (Å²) in [5, 5.41) is 2.32. The lowest BCUT2D eigenvalue weighted by Gasteiger charge is -2.36. The lowest BCUT2D eigenvalue weighted by molar-refractivity contribution is -0.137. The van der Waals surface area contributed by atoms with Crippen molar-refractivity contribution in [3.8, 4) is 0 Å². The molecule has 2 aliphatic heterocycles. The second-order valence-corrected chi connectivity index (χ2v) is 8.58. The molecule has 180 valence electrons. The maximum atomic E-state index is 13.2. The zero-order valence-corrected chi connectivity index (χ0v) is 18.8. The highest BCUT2D eigenvalue weighted by atomic mass is 35.5. The summed E-state index contributed by atoms with van der Waals surface area (Å²) in [5.74, 6) is -1.27. The van der Waals surface area contributed by atoms with E-state index in [1.165, 1.54) is 6.07 Å². The average Bonchev–Trinajstić information content (AvgIpc) is 3.08. The number of para-hydroxylation sites is 1. The number of halogens is 4. The van der Waals surface area contributed by atoms with Gasteiger partial charge in [0.2, 0.25) is 11.8 Å². The van der Waals surface area contributed by atoms with E-state index in [-0.39, 0.29) is 24.6 Å². The molecular weight excluding hydrogens is 473 g/mol.